The second-order valence-electron chi connectivity index (χ2n) is 8.08. The van der Waals surface area contributed by atoms with E-state index in [2.05, 4.69) is 44.8 Å². The van der Waals surface area contributed by atoms with Crippen LogP contribution in [0.4, 0.5) is 5.82 Å². The summed E-state index contributed by atoms with van der Waals surface area (Å²) in [4.78, 5) is 18.6. The van der Waals surface area contributed by atoms with E-state index in [0.29, 0.717) is 30.8 Å². The molecule has 0 atom stereocenters. The first-order chi connectivity index (χ1) is 15.0. The summed E-state index contributed by atoms with van der Waals surface area (Å²) in [5.74, 6) is 4.20. The van der Waals surface area contributed by atoms with Crippen molar-refractivity contribution in [2.75, 3.05) is 37.7 Å². The largest absolute Gasteiger partial charge is 0.493 e. The van der Waals surface area contributed by atoms with E-state index in [1.54, 1.807) is 0 Å². The molecular formula is C23H30N6O2. The Morgan fingerprint density at radius 1 is 1.06 bits per heavy atom. The van der Waals surface area contributed by atoms with Crippen molar-refractivity contribution in [1.82, 2.24) is 25.0 Å². The van der Waals surface area contributed by atoms with Crippen molar-refractivity contribution in [3.8, 4) is 17.1 Å². The Balaban J connectivity index is 1.38. The van der Waals surface area contributed by atoms with Crippen molar-refractivity contribution in [1.29, 1.82) is 0 Å². The number of benzene rings is 1. The number of aromatic nitrogens is 4. The maximum Gasteiger partial charge on any atom is 0.241 e. The van der Waals surface area contributed by atoms with Crippen LogP contribution >= 0.6 is 0 Å². The van der Waals surface area contributed by atoms with E-state index in [0.717, 1.165) is 54.8 Å². The zero-order valence-electron chi connectivity index (χ0n) is 18.7. The number of rotatable bonds is 7. The molecule has 164 valence electrons. The molecule has 4 rings (SSSR count). The lowest BCUT2D eigenvalue weighted by Crippen LogP contribution is -2.46. The van der Waals surface area contributed by atoms with Gasteiger partial charge in [0.15, 0.2) is 0 Å². The van der Waals surface area contributed by atoms with E-state index >= 15 is 0 Å². The summed E-state index contributed by atoms with van der Waals surface area (Å²) in [6.07, 6.45) is 0. The summed E-state index contributed by atoms with van der Waals surface area (Å²) in [6.45, 7) is 13.1. The topological polar surface area (TPSA) is 80.4 Å². The molecule has 0 saturated carbocycles. The molecule has 0 bridgehead atoms. The van der Waals surface area contributed by atoms with Crippen molar-refractivity contribution in [3.05, 3.63) is 47.7 Å². The molecule has 0 spiro atoms. The number of hydrogen-bond donors (Lipinski definition) is 0. The second kappa shape index (κ2) is 9.43. The van der Waals surface area contributed by atoms with Gasteiger partial charge in [-0.1, -0.05) is 31.1 Å². The minimum Gasteiger partial charge on any atom is -0.493 e. The van der Waals surface area contributed by atoms with Gasteiger partial charge >= 0.3 is 0 Å². The highest BCUT2D eigenvalue weighted by Crippen LogP contribution is 2.28. The third kappa shape index (κ3) is 5.02. The van der Waals surface area contributed by atoms with E-state index in [9.17, 15) is 0 Å². The third-order valence-corrected chi connectivity index (χ3v) is 5.33. The van der Waals surface area contributed by atoms with Crippen LogP contribution in [0.25, 0.3) is 11.4 Å². The first-order valence-electron chi connectivity index (χ1n) is 10.9. The molecule has 3 aromatic rings. The Hall–Kier alpha value is -3.00. The summed E-state index contributed by atoms with van der Waals surface area (Å²) in [5, 5.41) is 4.17. The van der Waals surface area contributed by atoms with Crippen molar-refractivity contribution in [2.45, 2.75) is 40.2 Å². The molecule has 1 aliphatic heterocycles. The van der Waals surface area contributed by atoms with Crippen LogP contribution in [0.1, 0.15) is 44.1 Å². The normalized spacial score (nSPS) is 14.9. The van der Waals surface area contributed by atoms with Crippen LogP contribution in [0, 0.1) is 6.92 Å². The van der Waals surface area contributed by atoms with Crippen LogP contribution in [-0.2, 0) is 6.54 Å². The van der Waals surface area contributed by atoms with Crippen molar-refractivity contribution in [2.24, 2.45) is 0 Å². The van der Waals surface area contributed by atoms with Crippen LogP contribution in [0.2, 0.25) is 0 Å². The summed E-state index contributed by atoms with van der Waals surface area (Å²) in [7, 11) is 0. The molecule has 0 unspecified atom stereocenters. The minimum atomic E-state index is 0.319. The summed E-state index contributed by atoms with van der Waals surface area (Å²) in [5.41, 5.74) is 1.87. The Bertz CT molecular complexity index is 1010. The van der Waals surface area contributed by atoms with Crippen LogP contribution in [-0.4, -0.2) is 57.8 Å². The molecule has 1 aromatic carbocycles. The summed E-state index contributed by atoms with van der Waals surface area (Å²) >= 11 is 0. The van der Waals surface area contributed by atoms with E-state index < -0.39 is 0 Å². The fraction of sp³-hybridized carbons (Fsp3) is 0.478. The van der Waals surface area contributed by atoms with E-state index in [1.165, 1.54) is 0 Å². The predicted molar refractivity (Wildman–Crippen MR) is 119 cm³/mol. The maximum atomic E-state index is 5.69. The van der Waals surface area contributed by atoms with Gasteiger partial charge in [0, 0.05) is 43.9 Å². The van der Waals surface area contributed by atoms with E-state index in [1.807, 2.05) is 38.1 Å². The molecule has 2 aromatic heterocycles. The highest BCUT2D eigenvalue weighted by Gasteiger charge is 2.22. The summed E-state index contributed by atoms with van der Waals surface area (Å²) < 4.78 is 11.2. The molecule has 0 N–H and O–H groups in total. The smallest absolute Gasteiger partial charge is 0.241 e. The number of nitrogens with zero attached hydrogens (tertiary/aromatic N) is 6. The van der Waals surface area contributed by atoms with Gasteiger partial charge in [-0.3, -0.25) is 4.90 Å². The zero-order chi connectivity index (χ0) is 21.8. The van der Waals surface area contributed by atoms with Gasteiger partial charge in [-0.2, -0.15) is 4.98 Å². The lowest BCUT2D eigenvalue weighted by atomic mass is 10.2. The van der Waals surface area contributed by atoms with Gasteiger partial charge in [0.1, 0.15) is 17.4 Å². The molecule has 1 fully saturated rings. The van der Waals surface area contributed by atoms with Gasteiger partial charge in [-0.25, -0.2) is 9.97 Å². The maximum absolute atomic E-state index is 5.69. The quantitative estimate of drug-likeness (QED) is 0.570. The Kier molecular flexibility index (Phi) is 6.46. The molecule has 3 heterocycles. The second-order valence-corrected chi connectivity index (χ2v) is 8.08. The summed E-state index contributed by atoms with van der Waals surface area (Å²) in [6, 6.07) is 9.84. The number of para-hydroxylation sites is 1. The van der Waals surface area contributed by atoms with Gasteiger partial charge < -0.3 is 14.2 Å². The fourth-order valence-corrected chi connectivity index (χ4v) is 3.68. The van der Waals surface area contributed by atoms with Crippen molar-refractivity contribution in [3.63, 3.8) is 0 Å². The van der Waals surface area contributed by atoms with Crippen LogP contribution in [0.3, 0.4) is 0 Å². The van der Waals surface area contributed by atoms with E-state index in [4.69, 9.17) is 14.2 Å². The predicted octanol–water partition coefficient (Wildman–Crippen LogP) is 3.68. The molecule has 0 amide bonds. The van der Waals surface area contributed by atoms with Gasteiger partial charge in [0.2, 0.25) is 11.7 Å². The van der Waals surface area contributed by atoms with Crippen LogP contribution < -0.4 is 9.64 Å². The Labute approximate surface area is 183 Å². The lowest BCUT2D eigenvalue weighted by molar-refractivity contribution is 0.215. The van der Waals surface area contributed by atoms with Crippen LogP contribution in [0.5, 0.6) is 5.75 Å². The highest BCUT2D eigenvalue weighted by atomic mass is 16.5. The average Bonchev–Trinajstić information content (AvgIpc) is 3.22. The van der Waals surface area contributed by atoms with E-state index in [-0.39, 0.29) is 0 Å². The minimum absolute atomic E-state index is 0.319. The molecule has 8 heteroatoms. The molecule has 31 heavy (non-hydrogen) atoms. The fourth-order valence-electron chi connectivity index (χ4n) is 3.68. The molecule has 8 nitrogen and oxygen atoms in total. The highest BCUT2D eigenvalue weighted by molar-refractivity contribution is 5.63. The van der Waals surface area contributed by atoms with Crippen molar-refractivity contribution < 1.29 is 9.26 Å². The SMILES string of the molecule is CCOc1ccccc1-c1noc(CN2CCN(c3cc(C)nc(C(C)C)n3)CC2)n1. The molecule has 1 aliphatic rings. The van der Waals surface area contributed by atoms with Crippen LogP contribution in [0.15, 0.2) is 34.9 Å². The Morgan fingerprint density at radius 2 is 1.84 bits per heavy atom. The first kappa shape index (κ1) is 21.2. The van der Waals surface area contributed by atoms with Gasteiger partial charge in [0.25, 0.3) is 0 Å². The molecular weight excluding hydrogens is 392 g/mol. The number of ether oxygens (including phenoxy) is 1. The number of hydrogen-bond acceptors (Lipinski definition) is 8. The Morgan fingerprint density at radius 3 is 2.58 bits per heavy atom. The number of aryl methyl sites for hydroxylation is 1. The number of anilines is 1. The first-order valence-corrected chi connectivity index (χ1v) is 10.9. The standard InChI is InChI=1S/C23H30N6O2/c1-5-30-19-9-7-6-8-18(19)23-26-21(31-27-23)15-28-10-12-29(13-11-28)20-14-17(4)24-22(25-20)16(2)3/h6-9,14,16H,5,10-13,15H2,1-4H3. The van der Waals surface area contributed by atoms with Gasteiger partial charge in [-0.15, -0.1) is 0 Å². The zero-order valence-corrected chi connectivity index (χ0v) is 18.7. The third-order valence-electron chi connectivity index (χ3n) is 5.33. The van der Waals surface area contributed by atoms with Gasteiger partial charge in [0.05, 0.1) is 18.7 Å². The molecule has 1 saturated heterocycles. The monoisotopic (exact) mass is 422 g/mol. The van der Waals surface area contributed by atoms with Crippen molar-refractivity contribution >= 4 is 5.82 Å². The average molecular weight is 423 g/mol. The van der Waals surface area contributed by atoms with Gasteiger partial charge in [-0.05, 0) is 26.0 Å². The lowest BCUT2D eigenvalue weighted by Gasteiger charge is -2.34. The molecule has 0 radical (unpaired) electrons. The molecule has 0 aliphatic carbocycles. The number of piperazine rings is 1.